The van der Waals surface area contributed by atoms with Gasteiger partial charge in [-0.15, -0.1) is 0 Å². The summed E-state index contributed by atoms with van der Waals surface area (Å²) < 4.78 is 0. The van der Waals surface area contributed by atoms with Crippen molar-refractivity contribution in [3.63, 3.8) is 0 Å². The molecule has 1 aromatic rings. The van der Waals surface area contributed by atoms with Gasteiger partial charge in [-0.25, -0.2) is 14.4 Å². The van der Waals surface area contributed by atoms with Crippen LogP contribution in [-0.2, 0) is 4.79 Å². The number of allylic oxidation sites excluding steroid dienone is 4. The summed E-state index contributed by atoms with van der Waals surface area (Å²) in [5.41, 5.74) is -0.380. The van der Waals surface area contributed by atoms with Gasteiger partial charge < -0.3 is 15.3 Å². The van der Waals surface area contributed by atoms with Crippen LogP contribution < -0.4 is 0 Å². The van der Waals surface area contributed by atoms with Crippen molar-refractivity contribution in [1.29, 1.82) is 0 Å². The van der Waals surface area contributed by atoms with Crippen molar-refractivity contribution in [2.24, 2.45) is 11.8 Å². The second-order valence-electron chi connectivity index (χ2n) is 5.19. The van der Waals surface area contributed by atoms with Crippen LogP contribution in [0.5, 0.6) is 0 Å². The fraction of sp³-hybridized carbons (Fsp3) is 0.211. The number of rotatable bonds is 3. The first-order valence-corrected chi connectivity index (χ1v) is 7.46. The van der Waals surface area contributed by atoms with Crippen LogP contribution >= 0.6 is 0 Å². The molecule has 1 aliphatic rings. The zero-order chi connectivity index (χ0) is 19.4. The Labute approximate surface area is 146 Å². The highest BCUT2D eigenvalue weighted by Gasteiger charge is 2.13. The number of benzene rings is 1. The Morgan fingerprint density at radius 2 is 1.20 bits per heavy atom. The van der Waals surface area contributed by atoms with Crippen molar-refractivity contribution in [1.82, 2.24) is 0 Å². The SMILES string of the molecule is C=CC(=O)O.CC1C=CC=CC1C.O=C(O)c1ccccc1C(=O)O. The molecule has 1 aliphatic carbocycles. The molecular weight excluding hydrogens is 324 g/mol. The quantitative estimate of drug-likeness (QED) is 0.719. The third-order valence-corrected chi connectivity index (χ3v) is 3.33. The highest BCUT2D eigenvalue weighted by molar-refractivity contribution is 6.01. The number of aromatic carboxylic acids is 2. The molecule has 0 bridgehead atoms. The minimum atomic E-state index is -1.23. The van der Waals surface area contributed by atoms with Crippen LogP contribution in [0, 0.1) is 11.8 Å². The summed E-state index contributed by atoms with van der Waals surface area (Å²) in [4.78, 5) is 30.2. The van der Waals surface area contributed by atoms with Crippen LogP contribution in [0.15, 0.2) is 61.2 Å². The molecule has 0 heterocycles. The van der Waals surface area contributed by atoms with Crippen LogP contribution in [0.25, 0.3) is 0 Å². The summed E-state index contributed by atoms with van der Waals surface area (Å²) in [5.74, 6) is -1.97. The minimum absolute atomic E-state index is 0.190. The summed E-state index contributed by atoms with van der Waals surface area (Å²) in [7, 11) is 0. The molecule has 1 aromatic carbocycles. The van der Waals surface area contributed by atoms with Gasteiger partial charge in [0.05, 0.1) is 11.1 Å². The van der Waals surface area contributed by atoms with Crippen LogP contribution in [-0.4, -0.2) is 33.2 Å². The Morgan fingerprint density at radius 1 is 0.880 bits per heavy atom. The van der Waals surface area contributed by atoms with Gasteiger partial charge in [-0.3, -0.25) is 0 Å². The molecule has 0 amide bonds. The largest absolute Gasteiger partial charge is 0.478 e. The Hall–Kier alpha value is -3.15. The van der Waals surface area contributed by atoms with Crippen molar-refractivity contribution < 1.29 is 29.7 Å². The molecule has 2 atom stereocenters. The highest BCUT2D eigenvalue weighted by Crippen LogP contribution is 2.16. The van der Waals surface area contributed by atoms with Crippen molar-refractivity contribution >= 4 is 17.9 Å². The van der Waals surface area contributed by atoms with E-state index in [4.69, 9.17) is 15.3 Å². The third-order valence-electron chi connectivity index (χ3n) is 3.33. The topological polar surface area (TPSA) is 112 Å². The number of hydrogen-bond donors (Lipinski definition) is 3. The highest BCUT2D eigenvalue weighted by atomic mass is 16.4. The van der Waals surface area contributed by atoms with Gasteiger partial charge in [0.25, 0.3) is 0 Å². The van der Waals surface area contributed by atoms with Crippen LogP contribution in [0.3, 0.4) is 0 Å². The zero-order valence-electron chi connectivity index (χ0n) is 14.1. The Balaban J connectivity index is 0.000000382. The molecule has 0 radical (unpaired) electrons. The molecule has 0 aliphatic heterocycles. The summed E-state index contributed by atoms with van der Waals surface area (Å²) >= 11 is 0. The van der Waals surface area contributed by atoms with E-state index >= 15 is 0 Å². The second-order valence-corrected chi connectivity index (χ2v) is 5.19. The van der Waals surface area contributed by atoms with E-state index in [1.165, 1.54) is 24.3 Å². The molecule has 6 heteroatoms. The molecule has 2 unspecified atom stereocenters. The molecule has 0 saturated heterocycles. The summed E-state index contributed by atoms with van der Waals surface area (Å²) in [6, 6.07) is 5.48. The van der Waals surface area contributed by atoms with E-state index in [-0.39, 0.29) is 11.1 Å². The average molecular weight is 346 g/mol. The summed E-state index contributed by atoms with van der Waals surface area (Å²) in [6.07, 6.45) is 9.55. The maximum absolute atomic E-state index is 10.5. The van der Waals surface area contributed by atoms with Gasteiger partial charge in [-0.1, -0.05) is 56.9 Å². The first-order chi connectivity index (χ1) is 11.7. The lowest BCUT2D eigenvalue weighted by atomic mass is 9.92. The fourth-order valence-electron chi connectivity index (χ4n) is 1.69. The maximum atomic E-state index is 10.5. The van der Waals surface area contributed by atoms with Crippen molar-refractivity contribution in [3.05, 3.63) is 72.4 Å². The van der Waals surface area contributed by atoms with Crippen molar-refractivity contribution in [2.45, 2.75) is 13.8 Å². The lowest BCUT2D eigenvalue weighted by molar-refractivity contribution is -0.131. The van der Waals surface area contributed by atoms with Crippen LogP contribution in [0.1, 0.15) is 34.6 Å². The van der Waals surface area contributed by atoms with Crippen molar-refractivity contribution in [2.75, 3.05) is 0 Å². The van der Waals surface area contributed by atoms with E-state index < -0.39 is 17.9 Å². The van der Waals surface area contributed by atoms with Gasteiger partial charge in [-0.2, -0.15) is 0 Å². The van der Waals surface area contributed by atoms with Gasteiger partial charge >= 0.3 is 17.9 Å². The zero-order valence-corrected chi connectivity index (χ0v) is 14.1. The molecule has 6 nitrogen and oxygen atoms in total. The van der Waals surface area contributed by atoms with Gasteiger partial charge in [0, 0.05) is 6.08 Å². The first-order valence-electron chi connectivity index (χ1n) is 7.46. The normalized spacial score (nSPS) is 17.2. The maximum Gasteiger partial charge on any atom is 0.336 e. The molecule has 3 N–H and O–H groups in total. The molecule has 0 saturated carbocycles. The van der Waals surface area contributed by atoms with E-state index in [0.29, 0.717) is 0 Å². The lowest BCUT2D eigenvalue weighted by Gasteiger charge is -2.13. The molecular formula is C19H22O6. The van der Waals surface area contributed by atoms with E-state index in [1.807, 2.05) is 0 Å². The molecule has 0 spiro atoms. The molecule has 134 valence electrons. The number of hydrogen-bond acceptors (Lipinski definition) is 3. The van der Waals surface area contributed by atoms with E-state index in [1.54, 1.807) is 0 Å². The molecule has 0 aromatic heterocycles. The first kappa shape index (κ1) is 21.9. The third kappa shape index (κ3) is 8.90. The predicted molar refractivity (Wildman–Crippen MR) is 94.8 cm³/mol. The van der Waals surface area contributed by atoms with Gasteiger partial charge in [0.1, 0.15) is 0 Å². The molecule has 25 heavy (non-hydrogen) atoms. The second kappa shape index (κ2) is 11.4. The van der Waals surface area contributed by atoms with Crippen molar-refractivity contribution in [3.8, 4) is 0 Å². The lowest BCUT2D eigenvalue weighted by Crippen LogP contribution is -2.06. The van der Waals surface area contributed by atoms with Crippen LogP contribution in [0.4, 0.5) is 0 Å². The van der Waals surface area contributed by atoms with E-state index in [9.17, 15) is 14.4 Å². The number of aliphatic carboxylic acids is 1. The summed E-state index contributed by atoms with van der Waals surface area (Å²) in [6.45, 7) is 7.44. The average Bonchev–Trinajstić information content (AvgIpc) is 2.58. The van der Waals surface area contributed by atoms with E-state index in [0.717, 1.165) is 17.9 Å². The smallest absolute Gasteiger partial charge is 0.336 e. The summed E-state index contributed by atoms with van der Waals surface area (Å²) in [5, 5.41) is 24.7. The number of carboxylic acid groups (broad SMARTS) is 3. The molecule has 2 rings (SSSR count). The van der Waals surface area contributed by atoms with Gasteiger partial charge in [0.15, 0.2) is 0 Å². The minimum Gasteiger partial charge on any atom is -0.478 e. The Bertz CT molecular complexity index is 623. The number of carboxylic acids is 3. The fourth-order valence-corrected chi connectivity index (χ4v) is 1.69. The monoisotopic (exact) mass is 346 g/mol. The standard InChI is InChI=1S/C8H6O4.C8H12.C3H4O2/c9-7(10)5-3-1-2-4-6(5)8(11)12;1-7-5-3-4-6-8(7)2;1-2-3(4)5/h1-4H,(H,9,10)(H,11,12);3-8H,1-2H3;2H,1H2,(H,4,5). The number of carbonyl (C=O) groups is 3. The molecule has 0 fully saturated rings. The Morgan fingerprint density at radius 3 is 1.40 bits per heavy atom. The van der Waals surface area contributed by atoms with E-state index in [2.05, 4.69) is 44.7 Å². The predicted octanol–water partition coefficient (Wildman–Crippen LogP) is 3.72. The van der Waals surface area contributed by atoms with Gasteiger partial charge in [-0.05, 0) is 24.0 Å². The van der Waals surface area contributed by atoms with Crippen LogP contribution in [0.2, 0.25) is 0 Å². The van der Waals surface area contributed by atoms with Gasteiger partial charge in [0.2, 0.25) is 0 Å². The Kier molecular flexibility index (Phi) is 9.96.